The molecule has 0 fully saturated rings. The molecule has 27 heavy (non-hydrogen) atoms. The highest BCUT2D eigenvalue weighted by Gasteiger charge is 2.17. The third-order valence-electron chi connectivity index (χ3n) is 4.38. The first kappa shape index (κ1) is 17.2. The molecule has 0 saturated carbocycles. The number of rotatable bonds is 5. The van der Waals surface area contributed by atoms with Gasteiger partial charge in [0.05, 0.1) is 11.1 Å². The van der Waals surface area contributed by atoms with E-state index < -0.39 is 0 Å². The second kappa shape index (κ2) is 7.17. The van der Waals surface area contributed by atoms with E-state index in [2.05, 4.69) is 4.98 Å². The van der Waals surface area contributed by atoms with Gasteiger partial charge < -0.3 is 4.74 Å². The van der Waals surface area contributed by atoms with Crippen LogP contribution in [0.5, 0.6) is 0 Å². The molecular weight excluding hydrogens is 345 g/mol. The van der Waals surface area contributed by atoms with Gasteiger partial charge in [0, 0.05) is 12.3 Å². The average molecular weight is 363 g/mol. The van der Waals surface area contributed by atoms with Crippen LogP contribution in [0.2, 0.25) is 0 Å². The third kappa shape index (κ3) is 3.15. The Morgan fingerprint density at radius 3 is 2.52 bits per heavy atom. The lowest BCUT2D eigenvalue weighted by molar-refractivity contribution is 0.0892. The van der Waals surface area contributed by atoms with Gasteiger partial charge in [0.25, 0.3) is 5.56 Å². The summed E-state index contributed by atoms with van der Waals surface area (Å²) in [5, 5.41) is 0.486. The Hall–Kier alpha value is -3.25. The molecule has 4 rings (SSSR count). The Morgan fingerprint density at radius 2 is 1.81 bits per heavy atom. The second-order valence-electron chi connectivity index (χ2n) is 6.09. The van der Waals surface area contributed by atoms with Crippen LogP contribution < -0.4 is 5.56 Å². The van der Waals surface area contributed by atoms with Crippen LogP contribution in [0, 0.1) is 5.82 Å². The summed E-state index contributed by atoms with van der Waals surface area (Å²) >= 11 is 0. The fraction of sp³-hybridized carbons (Fsp3) is 0.143. The molecule has 2 aromatic carbocycles. The molecular formula is C21H18FN3O2. The van der Waals surface area contributed by atoms with Crippen molar-refractivity contribution in [2.24, 2.45) is 0 Å². The number of aromatic nitrogens is 3. The van der Waals surface area contributed by atoms with E-state index in [0.717, 1.165) is 16.9 Å². The van der Waals surface area contributed by atoms with Gasteiger partial charge in [0.1, 0.15) is 24.5 Å². The molecule has 0 aliphatic heterocycles. The molecule has 2 aromatic heterocycles. The van der Waals surface area contributed by atoms with E-state index in [1.165, 1.54) is 18.5 Å². The standard InChI is InChI=1S/C21H18FN3O2/c1-2-27-14-24-13-23-20(26)18-12-19(15-6-4-3-5-7-15)25(21(18)24)17-10-8-16(22)9-11-17/h3-13H,2,14H2,1H3. The Labute approximate surface area is 155 Å². The number of benzene rings is 2. The van der Waals surface area contributed by atoms with Gasteiger partial charge in [0.15, 0.2) is 0 Å². The monoisotopic (exact) mass is 363 g/mol. The zero-order chi connectivity index (χ0) is 18.8. The zero-order valence-corrected chi connectivity index (χ0v) is 14.8. The van der Waals surface area contributed by atoms with Crippen LogP contribution in [-0.2, 0) is 11.5 Å². The molecule has 0 atom stereocenters. The lowest BCUT2D eigenvalue weighted by Crippen LogP contribution is -2.15. The largest absolute Gasteiger partial charge is 0.361 e. The first-order valence-electron chi connectivity index (χ1n) is 8.69. The lowest BCUT2D eigenvalue weighted by atomic mass is 10.1. The van der Waals surface area contributed by atoms with Crippen molar-refractivity contribution < 1.29 is 9.13 Å². The molecule has 136 valence electrons. The fourth-order valence-electron chi connectivity index (χ4n) is 3.14. The van der Waals surface area contributed by atoms with E-state index in [1.807, 2.05) is 47.9 Å². The summed E-state index contributed by atoms with van der Waals surface area (Å²) in [4.78, 5) is 16.4. The molecule has 5 nitrogen and oxygen atoms in total. The smallest absolute Gasteiger partial charge is 0.282 e. The highest BCUT2D eigenvalue weighted by Crippen LogP contribution is 2.30. The minimum atomic E-state index is -0.315. The predicted molar refractivity (Wildman–Crippen MR) is 102 cm³/mol. The quantitative estimate of drug-likeness (QED) is 0.539. The Balaban J connectivity index is 2.07. The average Bonchev–Trinajstić information content (AvgIpc) is 3.10. The normalized spacial score (nSPS) is 11.2. The number of ether oxygens (including phenoxy) is 1. The lowest BCUT2D eigenvalue weighted by Gasteiger charge is -2.15. The van der Waals surface area contributed by atoms with E-state index >= 15 is 0 Å². The summed E-state index contributed by atoms with van der Waals surface area (Å²) in [5.41, 5.74) is 2.87. The molecule has 0 aliphatic carbocycles. The van der Waals surface area contributed by atoms with Crippen molar-refractivity contribution in [2.75, 3.05) is 6.61 Å². The summed E-state index contributed by atoms with van der Waals surface area (Å²) in [6, 6.07) is 17.8. The molecule has 0 amide bonds. The molecule has 0 saturated heterocycles. The van der Waals surface area contributed by atoms with E-state index in [-0.39, 0.29) is 18.1 Å². The van der Waals surface area contributed by atoms with Gasteiger partial charge in [-0.05, 0) is 42.8 Å². The van der Waals surface area contributed by atoms with Gasteiger partial charge in [-0.2, -0.15) is 4.98 Å². The number of hydrogen-bond donors (Lipinski definition) is 0. The third-order valence-corrected chi connectivity index (χ3v) is 4.38. The molecule has 6 heteroatoms. The fourth-order valence-corrected chi connectivity index (χ4v) is 3.14. The van der Waals surface area contributed by atoms with Crippen molar-refractivity contribution >= 4 is 11.0 Å². The van der Waals surface area contributed by atoms with Gasteiger partial charge in [0.2, 0.25) is 0 Å². The van der Waals surface area contributed by atoms with Crippen LogP contribution in [0.3, 0.4) is 0 Å². The summed E-state index contributed by atoms with van der Waals surface area (Å²) in [7, 11) is 0. The van der Waals surface area contributed by atoms with Gasteiger partial charge in [-0.15, -0.1) is 0 Å². The highest BCUT2D eigenvalue weighted by molar-refractivity contribution is 5.86. The van der Waals surface area contributed by atoms with Crippen molar-refractivity contribution in [3.63, 3.8) is 0 Å². The Bertz CT molecular complexity index is 1130. The molecule has 0 unspecified atom stereocenters. The molecule has 0 spiro atoms. The summed E-state index contributed by atoms with van der Waals surface area (Å²) in [6.45, 7) is 2.71. The van der Waals surface area contributed by atoms with Crippen LogP contribution in [-0.4, -0.2) is 20.7 Å². The van der Waals surface area contributed by atoms with Crippen molar-refractivity contribution in [1.29, 1.82) is 0 Å². The number of nitrogens with zero attached hydrogens (tertiary/aromatic N) is 3. The summed E-state index contributed by atoms with van der Waals surface area (Å²) < 4.78 is 22.7. The van der Waals surface area contributed by atoms with Crippen molar-refractivity contribution in [1.82, 2.24) is 14.1 Å². The first-order chi connectivity index (χ1) is 13.2. The summed E-state index contributed by atoms with van der Waals surface area (Å²) in [6.07, 6.45) is 1.48. The highest BCUT2D eigenvalue weighted by atomic mass is 19.1. The molecule has 4 aromatic rings. The molecule has 0 radical (unpaired) electrons. The van der Waals surface area contributed by atoms with Crippen LogP contribution >= 0.6 is 0 Å². The number of fused-ring (bicyclic) bond motifs is 1. The topological polar surface area (TPSA) is 49.1 Å². The van der Waals surface area contributed by atoms with Gasteiger partial charge in [-0.25, -0.2) is 4.39 Å². The van der Waals surface area contributed by atoms with Crippen LogP contribution in [0.15, 0.2) is 71.8 Å². The van der Waals surface area contributed by atoms with Crippen LogP contribution in [0.4, 0.5) is 4.39 Å². The van der Waals surface area contributed by atoms with Gasteiger partial charge in [-0.1, -0.05) is 30.3 Å². The first-order valence-corrected chi connectivity index (χ1v) is 8.69. The molecule has 0 bridgehead atoms. The SMILES string of the molecule is CCOCn1cnc(=O)c2cc(-c3ccccc3)n(-c3ccc(F)cc3)c21. The second-order valence-corrected chi connectivity index (χ2v) is 6.09. The minimum absolute atomic E-state index is 0.264. The van der Waals surface area contributed by atoms with Gasteiger partial charge >= 0.3 is 0 Å². The Morgan fingerprint density at radius 1 is 1.07 bits per heavy atom. The maximum atomic E-state index is 13.5. The van der Waals surface area contributed by atoms with Crippen LogP contribution in [0.1, 0.15) is 6.92 Å². The zero-order valence-electron chi connectivity index (χ0n) is 14.8. The summed E-state index contributed by atoms with van der Waals surface area (Å²) in [5.74, 6) is -0.315. The van der Waals surface area contributed by atoms with Gasteiger partial charge in [-0.3, -0.25) is 13.9 Å². The molecule has 0 N–H and O–H groups in total. The minimum Gasteiger partial charge on any atom is -0.361 e. The van der Waals surface area contributed by atoms with Crippen LogP contribution in [0.25, 0.3) is 28.0 Å². The van der Waals surface area contributed by atoms with Crippen molar-refractivity contribution in [3.05, 3.63) is 83.2 Å². The van der Waals surface area contributed by atoms with Crippen molar-refractivity contribution in [3.8, 4) is 16.9 Å². The van der Waals surface area contributed by atoms with Crippen molar-refractivity contribution in [2.45, 2.75) is 13.7 Å². The Kier molecular flexibility index (Phi) is 4.56. The van der Waals surface area contributed by atoms with E-state index in [4.69, 9.17) is 4.74 Å². The maximum absolute atomic E-state index is 13.5. The number of halogens is 1. The van der Waals surface area contributed by atoms with E-state index in [0.29, 0.717) is 17.6 Å². The molecule has 0 aliphatic rings. The molecule has 2 heterocycles. The predicted octanol–water partition coefficient (Wildman–Crippen LogP) is 3.99. The maximum Gasteiger partial charge on any atom is 0.282 e. The van der Waals surface area contributed by atoms with E-state index in [1.54, 1.807) is 16.7 Å². The van der Waals surface area contributed by atoms with E-state index in [9.17, 15) is 9.18 Å². The number of hydrogen-bond acceptors (Lipinski definition) is 3.